The summed E-state index contributed by atoms with van der Waals surface area (Å²) in [5.41, 5.74) is 3.61. The van der Waals surface area contributed by atoms with Gasteiger partial charge in [-0.05, 0) is 17.7 Å². The number of hydrogen-bond donors (Lipinski definition) is 2. The molecule has 0 atom stereocenters. The van der Waals surface area contributed by atoms with Gasteiger partial charge in [-0.25, -0.2) is 5.43 Å². The van der Waals surface area contributed by atoms with E-state index in [1.807, 2.05) is 30.3 Å². The molecule has 0 unspecified atom stereocenters. The number of nitrogens with zero attached hydrogens (tertiary/aromatic N) is 2. The minimum atomic E-state index is -0.403. The summed E-state index contributed by atoms with van der Waals surface area (Å²) in [7, 11) is 0. The van der Waals surface area contributed by atoms with Crippen molar-refractivity contribution in [3.63, 3.8) is 0 Å². The Hall–Kier alpha value is -3.02. The standard InChI is InChI=1S/C15H14N4O2/c20-14(19-18-9-12-5-2-1-3-6-12)11-17-15(21)13-7-4-8-16-10-13/h1-10H,11H2,(H,17,21)(H,19,20)/b18-9-. The summed E-state index contributed by atoms with van der Waals surface area (Å²) in [4.78, 5) is 27.0. The first-order chi connectivity index (χ1) is 10.3. The van der Waals surface area contributed by atoms with Crippen molar-refractivity contribution >= 4 is 18.0 Å². The van der Waals surface area contributed by atoms with Gasteiger partial charge >= 0.3 is 0 Å². The lowest BCUT2D eigenvalue weighted by Crippen LogP contribution is -2.34. The van der Waals surface area contributed by atoms with Gasteiger partial charge in [-0.1, -0.05) is 30.3 Å². The van der Waals surface area contributed by atoms with Crippen molar-refractivity contribution in [3.8, 4) is 0 Å². The first-order valence-corrected chi connectivity index (χ1v) is 6.31. The van der Waals surface area contributed by atoms with Crippen molar-refractivity contribution in [1.29, 1.82) is 0 Å². The number of nitrogens with one attached hydrogen (secondary N) is 2. The lowest BCUT2D eigenvalue weighted by atomic mass is 10.2. The van der Waals surface area contributed by atoms with Crippen molar-refractivity contribution in [1.82, 2.24) is 15.7 Å². The van der Waals surface area contributed by atoms with E-state index in [4.69, 9.17) is 0 Å². The third kappa shape index (κ3) is 4.87. The van der Waals surface area contributed by atoms with E-state index in [-0.39, 0.29) is 12.5 Å². The number of hydrogen-bond acceptors (Lipinski definition) is 4. The minimum Gasteiger partial charge on any atom is -0.343 e. The van der Waals surface area contributed by atoms with Crippen LogP contribution in [0.1, 0.15) is 15.9 Å². The zero-order valence-electron chi connectivity index (χ0n) is 11.2. The number of pyridine rings is 1. The van der Waals surface area contributed by atoms with Crippen LogP contribution in [0.5, 0.6) is 0 Å². The second-order valence-electron chi connectivity index (χ2n) is 4.13. The van der Waals surface area contributed by atoms with E-state index >= 15 is 0 Å². The summed E-state index contributed by atoms with van der Waals surface area (Å²) in [5, 5.41) is 6.29. The molecule has 106 valence electrons. The molecule has 0 aliphatic heterocycles. The molecule has 1 aromatic carbocycles. The predicted molar refractivity (Wildman–Crippen MR) is 78.7 cm³/mol. The summed E-state index contributed by atoms with van der Waals surface area (Å²) in [6.07, 6.45) is 4.53. The Morgan fingerprint density at radius 3 is 2.67 bits per heavy atom. The molecular weight excluding hydrogens is 268 g/mol. The molecule has 1 aromatic heterocycles. The van der Waals surface area contributed by atoms with Crippen LogP contribution in [-0.4, -0.2) is 29.6 Å². The Morgan fingerprint density at radius 1 is 1.14 bits per heavy atom. The Bertz CT molecular complexity index is 627. The number of hydrazone groups is 1. The van der Waals surface area contributed by atoms with E-state index in [9.17, 15) is 9.59 Å². The molecule has 0 fully saturated rings. The molecule has 0 saturated carbocycles. The van der Waals surface area contributed by atoms with Gasteiger partial charge in [0.1, 0.15) is 0 Å². The number of aromatic nitrogens is 1. The summed E-state index contributed by atoms with van der Waals surface area (Å²) in [5.74, 6) is -0.760. The maximum atomic E-state index is 11.7. The maximum absolute atomic E-state index is 11.7. The van der Waals surface area contributed by atoms with Crippen LogP contribution in [0.15, 0.2) is 60.0 Å². The van der Waals surface area contributed by atoms with Crippen molar-refractivity contribution in [3.05, 3.63) is 66.0 Å². The van der Waals surface area contributed by atoms with Gasteiger partial charge in [-0.15, -0.1) is 0 Å². The van der Waals surface area contributed by atoms with Gasteiger partial charge in [-0.2, -0.15) is 5.10 Å². The fourth-order valence-electron chi connectivity index (χ4n) is 1.52. The van der Waals surface area contributed by atoms with Gasteiger partial charge in [0, 0.05) is 12.4 Å². The Kier molecular flexibility index (Phi) is 5.17. The van der Waals surface area contributed by atoms with Gasteiger partial charge in [-0.3, -0.25) is 14.6 Å². The molecule has 0 saturated heterocycles. The Morgan fingerprint density at radius 2 is 1.95 bits per heavy atom. The average molecular weight is 282 g/mol. The van der Waals surface area contributed by atoms with E-state index in [1.165, 1.54) is 12.4 Å². The Labute approximate surface area is 121 Å². The van der Waals surface area contributed by atoms with Gasteiger partial charge in [0.2, 0.25) is 0 Å². The van der Waals surface area contributed by atoms with Gasteiger partial charge in [0.25, 0.3) is 11.8 Å². The van der Waals surface area contributed by atoms with Crippen molar-refractivity contribution in [2.75, 3.05) is 6.54 Å². The van der Waals surface area contributed by atoms with Crippen LogP contribution in [0, 0.1) is 0 Å². The smallest absolute Gasteiger partial charge is 0.259 e. The van der Waals surface area contributed by atoms with E-state index < -0.39 is 5.91 Å². The summed E-state index contributed by atoms with van der Waals surface area (Å²) < 4.78 is 0. The van der Waals surface area contributed by atoms with E-state index in [0.717, 1.165) is 5.56 Å². The molecule has 6 nitrogen and oxygen atoms in total. The Balaban J connectivity index is 1.75. The van der Waals surface area contributed by atoms with Crippen LogP contribution in [0.2, 0.25) is 0 Å². The highest BCUT2D eigenvalue weighted by atomic mass is 16.2. The lowest BCUT2D eigenvalue weighted by molar-refractivity contribution is -0.120. The molecule has 1 heterocycles. The fourth-order valence-corrected chi connectivity index (χ4v) is 1.52. The van der Waals surface area contributed by atoms with Crippen LogP contribution in [-0.2, 0) is 4.79 Å². The number of carbonyl (C=O) groups is 2. The summed E-state index contributed by atoms with van der Waals surface area (Å²) >= 11 is 0. The van der Waals surface area contributed by atoms with Gasteiger partial charge in [0.15, 0.2) is 0 Å². The molecule has 0 bridgehead atoms. The largest absolute Gasteiger partial charge is 0.343 e. The second-order valence-corrected chi connectivity index (χ2v) is 4.13. The summed E-state index contributed by atoms with van der Waals surface area (Å²) in [6.45, 7) is -0.153. The normalized spacial score (nSPS) is 10.3. The molecule has 6 heteroatoms. The molecule has 0 aliphatic carbocycles. The first kappa shape index (κ1) is 14.4. The second kappa shape index (κ2) is 7.54. The highest BCUT2D eigenvalue weighted by Crippen LogP contribution is 1.94. The van der Waals surface area contributed by atoms with E-state index in [2.05, 4.69) is 20.8 Å². The van der Waals surface area contributed by atoms with Crippen LogP contribution in [0.3, 0.4) is 0 Å². The minimum absolute atomic E-state index is 0.153. The molecule has 0 spiro atoms. The molecule has 0 aliphatic rings. The van der Waals surface area contributed by atoms with Crippen LogP contribution in [0.4, 0.5) is 0 Å². The zero-order valence-corrected chi connectivity index (χ0v) is 11.2. The predicted octanol–water partition coefficient (Wildman–Crippen LogP) is 0.962. The molecule has 2 N–H and O–H groups in total. The highest BCUT2D eigenvalue weighted by molar-refractivity contribution is 5.96. The van der Waals surface area contributed by atoms with Crippen LogP contribution < -0.4 is 10.7 Å². The van der Waals surface area contributed by atoms with E-state index in [1.54, 1.807) is 18.3 Å². The third-order valence-corrected chi connectivity index (χ3v) is 2.54. The maximum Gasteiger partial charge on any atom is 0.259 e. The first-order valence-electron chi connectivity index (χ1n) is 6.31. The monoisotopic (exact) mass is 282 g/mol. The third-order valence-electron chi connectivity index (χ3n) is 2.54. The molecule has 2 amide bonds. The number of rotatable bonds is 5. The summed E-state index contributed by atoms with van der Waals surface area (Å²) in [6, 6.07) is 12.6. The zero-order chi connectivity index (χ0) is 14.9. The molecule has 2 aromatic rings. The molecule has 0 radical (unpaired) electrons. The fraction of sp³-hybridized carbons (Fsp3) is 0.0667. The SMILES string of the molecule is O=C(CNC(=O)c1cccnc1)N/N=C\c1ccccc1. The number of benzene rings is 1. The van der Waals surface area contributed by atoms with Crippen LogP contribution >= 0.6 is 0 Å². The van der Waals surface area contributed by atoms with Gasteiger partial charge in [0.05, 0.1) is 18.3 Å². The molecule has 2 rings (SSSR count). The van der Waals surface area contributed by atoms with Gasteiger partial charge < -0.3 is 5.32 Å². The van der Waals surface area contributed by atoms with Crippen LogP contribution in [0.25, 0.3) is 0 Å². The topological polar surface area (TPSA) is 83.5 Å². The molecule has 21 heavy (non-hydrogen) atoms. The number of amides is 2. The number of carbonyl (C=O) groups excluding carboxylic acids is 2. The quantitative estimate of drug-likeness (QED) is 0.633. The average Bonchev–Trinajstić information content (AvgIpc) is 2.54. The van der Waals surface area contributed by atoms with E-state index in [0.29, 0.717) is 5.56 Å². The highest BCUT2D eigenvalue weighted by Gasteiger charge is 2.06. The van der Waals surface area contributed by atoms with Crippen molar-refractivity contribution in [2.24, 2.45) is 5.10 Å². The lowest BCUT2D eigenvalue weighted by Gasteiger charge is -2.03. The van der Waals surface area contributed by atoms with Crippen molar-refractivity contribution < 1.29 is 9.59 Å². The molecular formula is C15H14N4O2. The van der Waals surface area contributed by atoms with Crippen molar-refractivity contribution in [2.45, 2.75) is 0 Å².